The normalized spacial score (nSPS) is 15.9. The summed E-state index contributed by atoms with van der Waals surface area (Å²) in [4.78, 5) is 0. The summed E-state index contributed by atoms with van der Waals surface area (Å²) in [6.07, 6.45) is -11.0. The number of hydrogen-bond donors (Lipinski definition) is 1. The quantitative estimate of drug-likeness (QED) is 0.582. The van der Waals surface area contributed by atoms with Crippen molar-refractivity contribution in [2.45, 2.75) is 35.2 Å². The standard InChI is InChI=1S/C6H3F12NO4S2/c7-1(8)3(11,12)5(15,16)24(20,21)19-25(22,23)6(17,18)4(13,14)2(9)10/h1-2,19H. The van der Waals surface area contributed by atoms with Crippen molar-refractivity contribution in [3.05, 3.63) is 0 Å². The van der Waals surface area contributed by atoms with E-state index < -0.39 is 59.4 Å². The van der Waals surface area contributed by atoms with Crippen molar-refractivity contribution < 1.29 is 69.5 Å². The van der Waals surface area contributed by atoms with Gasteiger partial charge < -0.3 is 0 Å². The molecule has 152 valence electrons. The Labute approximate surface area is 130 Å². The number of nitrogens with one attached hydrogen (secondary N) is 1. The predicted molar refractivity (Wildman–Crippen MR) is 52.8 cm³/mol. The highest BCUT2D eigenvalue weighted by Gasteiger charge is 2.75. The highest BCUT2D eigenvalue weighted by atomic mass is 32.3. The first kappa shape index (κ1) is 24.0. The molecule has 0 fully saturated rings. The van der Waals surface area contributed by atoms with Crippen LogP contribution in [0.5, 0.6) is 0 Å². The molecule has 0 radical (unpaired) electrons. The molecule has 0 bridgehead atoms. The van der Waals surface area contributed by atoms with Gasteiger partial charge in [0.2, 0.25) is 0 Å². The minimum absolute atomic E-state index is 1.05. The van der Waals surface area contributed by atoms with Gasteiger partial charge in [0.25, 0.3) is 20.0 Å². The zero-order valence-corrected chi connectivity index (χ0v) is 12.3. The second-order valence-corrected chi connectivity index (χ2v) is 7.68. The monoisotopic (exact) mass is 445 g/mol. The summed E-state index contributed by atoms with van der Waals surface area (Å²) in [5, 5.41) is -14.2. The van der Waals surface area contributed by atoms with E-state index in [-0.39, 0.29) is 0 Å². The fraction of sp³-hybridized carbons (Fsp3) is 1.00. The van der Waals surface area contributed by atoms with Crippen molar-refractivity contribution in [1.29, 1.82) is 0 Å². The Morgan fingerprint density at radius 3 is 0.920 bits per heavy atom. The SMILES string of the molecule is O=S(=O)(NS(=O)(=O)C(F)(F)C(F)(F)C(F)F)C(F)(F)C(F)(F)C(F)F. The van der Waals surface area contributed by atoms with Crippen LogP contribution in [0, 0.1) is 0 Å². The van der Waals surface area contributed by atoms with Crippen LogP contribution in [0.25, 0.3) is 0 Å². The van der Waals surface area contributed by atoms with Crippen molar-refractivity contribution in [2.24, 2.45) is 0 Å². The Bertz CT molecular complexity index is 639. The number of rotatable bonds is 8. The zero-order valence-electron chi connectivity index (χ0n) is 10.6. The average molecular weight is 445 g/mol. The van der Waals surface area contributed by atoms with Crippen molar-refractivity contribution in [1.82, 2.24) is 4.13 Å². The fourth-order valence-electron chi connectivity index (χ4n) is 0.861. The van der Waals surface area contributed by atoms with Gasteiger partial charge >= 0.3 is 35.2 Å². The van der Waals surface area contributed by atoms with Crippen LogP contribution >= 0.6 is 0 Å². The number of halogens is 12. The maximum atomic E-state index is 12.9. The maximum absolute atomic E-state index is 12.9. The summed E-state index contributed by atoms with van der Waals surface area (Å²) < 4.78 is 190. The molecule has 0 heterocycles. The summed E-state index contributed by atoms with van der Waals surface area (Å²) in [6.45, 7) is 0. The largest absolute Gasteiger partial charge is 0.427 e. The van der Waals surface area contributed by atoms with Gasteiger partial charge in [-0.15, -0.1) is 0 Å². The van der Waals surface area contributed by atoms with E-state index in [4.69, 9.17) is 0 Å². The molecular formula is C6H3F12NO4S2. The Kier molecular flexibility index (Phi) is 6.07. The van der Waals surface area contributed by atoms with E-state index in [1.54, 1.807) is 0 Å². The van der Waals surface area contributed by atoms with Crippen LogP contribution in [0.2, 0.25) is 0 Å². The molecule has 0 aromatic carbocycles. The third kappa shape index (κ3) is 3.62. The smallest absolute Gasteiger partial charge is 0.205 e. The lowest BCUT2D eigenvalue weighted by Crippen LogP contribution is -2.61. The van der Waals surface area contributed by atoms with E-state index in [2.05, 4.69) is 0 Å². The van der Waals surface area contributed by atoms with Crippen molar-refractivity contribution >= 4 is 20.0 Å². The van der Waals surface area contributed by atoms with Crippen LogP contribution < -0.4 is 4.13 Å². The summed E-state index contributed by atoms with van der Waals surface area (Å²) in [5.41, 5.74) is 0. The number of hydrogen-bond acceptors (Lipinski definition) is 4. The van der Waals surface area contributed by atoms with Gasteiger partial charge in [-0.25, -0.2) is 34.4 Å². The van der Waals surface area contributed by atoms with E-state index in [1.165, 1.54) is 0 Å². The molecule has 25 heavy (non-hydrogen) atoms. The minimum atomic E-state index is -7.75. The maximum Gasteiger partial charge on any atom is 0.427 e. The first-order valence-electron chi connectivity index (χ1n) is 4.95. The highest BCUT2D eigenvalue weighted by molar-refractivity contribution is 8.05. The van der Waals surface area contributed by atoms with Crippen LogP contribution in [-0.4, -0.2) is 52.0 Å². The molecule has 0 aliphatic carbocycles. The van der Waals surface area contributed by atoms with Crippen LogP contribution in [0.3, 0.4) is 0 Å². The van der Waals surface area contributed by atoms with E-state index in [1.807, 2.05) is 0 Å². The molecular weight excluding hydrogens is 442 g/mol. The fourth-order valence-corrected chi connectivity index (χ4v) is 3.75. The van der Waals surface area contributed by atoms with E-state index >= 15 is 0 Å². The molecule has 0 atom stereocenters. The highest BCUT2D eigenvalue weighted by Crippen LogP contribution is 2.45. The first-order valence-corrected chi connectivity index (χ1v) is 7.91. The van der Waals surface area contributed by atoms with Gasteiger partial charge in [-0.2, -0.15) is 35.1 Å². The zero-order chi connectivity index (χ0) is 20.9. The summed E-state index contributed by atoms with van der Waals surface area (Å²) in [6, 6.07) is 0. The lowest BCUT2D eigenvalue weighted by atomic mass is 10.4. The predicted octanol–water partition coefficient (Wildman–Crippen LogP) is 2.22. The van der Waals surface area contributed by atoms with Gasteiger partial charge in [-0.05, 0) is 0 Å². The van der Waals surface area contributed by atoms with Crippen LogP contribution in [0.1, 0.15) is 0 Å². The third-order valence-corrected chi connectivity index (χ3v) is 5.87. The molecule has 5 nitrogen and oxygen atoms in total. The Balaban J connectivity index is 6.16. The number of sulfonamides is 2. The molecule has 0 aromatic rings. The van der Waals surface area contributed by atoms with Gasteiger partial charge in [0.15, 0.2) is 0 Å². The lowest BCUT2D eigenvalue weighted by molar-refractivity contribution is -0.226. The van der Waals surface area contributed by atoms with Gasteiger partial charge in [0.1, 0.15) is 0 Å². The molecule has 0 rings (SSSR count). The molecule has 0 aromatic heterocycles. The molecule has 19 heteroatoms. The van der Waals surface area contributed by atoms with Gasteiger partial charge in [0.05, 0.1) is 0 Å². The Hall–Kier alpha value is -0.980. The minimum Gasteiger partial charge on any atom is -0.205 e. The molecule has 0 spiro atoms. The Morgan fingerprint density at radius 1 is 0.560 bits per heavy atom. The van der Waals surface area contributed by atoms with Crippen molar-refractivity contribution in [3.8, 4) is 0 Å². The van der Waals surface area contributed by atoms with Crippen LogP contribution in [0.15, 0.2) is 0 Å². The topological polar surface area (TPSA) is 80.3 Å². The van der Waals surface area contributed by atoms with Gasteiger partial charge in [-0.1, -0.05) is 4.13 Å². The summed E-state index contributed by atoms with van der Waals surface area (Å²) in [7, 11) is -15.5. The molecule has 0 aliphatic heterocycles. The molecule has 0 unspecified atom stereocenters. The van der Waals surface area contributed by atoms with E-state index in [0.717, 1.165) is 0 Å². The first-order chi connectivity index (χ1) is 10.6. The van der Waals surface area contributed by atoms with E-state index in [0.29, 0.717) is 0 Å². The Morgan fingerprint density at radius 2 is 0.760 bits per heavy atom. The summed E-state index contributed by atoms with van der Waals surface area (Å²) >= 11 is 0. The van der Waals surface area contributed by atoms with Crippen LogP contribution in [-0.2, 0) is 20.0 Å². The number of alkyl halides is 12. The molecule has 0 saturated carbocycles. The molecule has 0 aliphatic rings. The molecule has 0 saturated heterocycles. The van der Waals surface area contributed by atoms with E-state index in [9.17, 15) is 69.5 Å². The van der Waals surface area contributed by atoms with Gasteiger partial charge in [-0.3, -0.25) is 0 Å². The average Bonchev–Trinajstić information content (AvgIpc) is 2.35. The van der Waals surface area contributed by atoms with Gasteiger partial charge in [0, 0.05) is 0 Å². The third-order valence-electron chi connectivity index (χ3n) is 2.22. The lowest BCUT2D eigenvalue weighted by Gasteiger charge is -2.28. The molecule has 0 amide bonds. The van der Waals surface area contributed by atoms with Crippen LogP contribution in [0.4, 0.5) is 52.7 Å². The molecule has 1 N–H and O–H groups in total. The van der Waals surface area contributed by atoms with Crippen molar-refractivity contribution in [2.75, 3.05) is 0 Å². The summed E-state index contributed by atoms with van der Waals surface area (Å²) in [5.74, 6) is -13.7. The van der Waals surface area contributed by atoms with Crippen molar-refractivity contribution in [3.63, 3.8) is 0 Å². The second kappa shape index (κ2) is 6.32. The second-order valence-electron chi connectivity index (χ2n) is 3.97.